The third-order valence-corrected chi connectivity index (χ3v) is 5.80. The number of thioether (sulfide) groups is 1. The first-order valence-electron chi connectivity index (χ1n) is 7.69. The van der Waals surface area contributed by atoms with Gasteiger partial charge in [0.15, 0.2) is 5.17 Å². The average Bonchev–Trinajstić information content (AvgIpc) is 3.07. The maximum atomic E-state index is 12.6. The Labute approximate surface area is 166 Å². The van der Waals surface area contributed by atoms with Gasteiger partial charge < -0.3 is 0 Å². The van der Waals surface area contributed by atoms with Gasteiger partial charge in [0.2, 0.25) is 5.91 Å². The van der Waals surface area contributed by atoms with Crippen LogP contribution in [0.5, 0.6) is 0 Å². The minimum atomic E-state index is 0.0419. The lowest BCUT2D eigenvalue weighted by atomic mass is 10.1. The lowest BCUT2D eigenvalue weighted by Crippen LogP contribution is -2.34. The minimum absolute atomic E-state index is 0.0419. The van der Waals surface area contributed by atoms with Crippen molar-refractivity contribution in [1.29, 1.82) is 0 Å². The van der Waals surface area contributed by atoms with E-state index >= 15 is 0 Å². The summed E-state index contributed by atoms with van der Waals surface area (Å²) in [6.07, 6.45) is 0.337. The lowest BCUT2D eigenvalue weighted by molar-refractivity contribution is -0.126. The molecule has 25 heavy (non-hydrogen) atoms. The van der Waals surface area contributed by atoms with E-state index in [0.717, 1.165) is 16.3 Å². The Balaban J connectivity index is 1.60. The molecule has 0 unspecified atom stereocenters. The third-order valence-electron chi connectivity index (χ3n) is 3.72. The highest BCUT2D eigenvalue weighted by Crippen LogP contribution is 2.26. The molecule has 1 aliphatic heterocycles. The molecule has 3 nitrogen and oxygen atoms in total. The molecule has 0 aromatic heterocycles. The van der Waals surface area contributed by atoms with E-state index in [4.69, 9.17) is 34.8 Å². The molecule has 3 rings (SSSR count). The van der Waals surface area contributed by atoms with E-state index in [0.29, 0.717) is 40.3 Å². The minimum Gasteiger partial charge on any atom is -0.289 e. The summed E-state index contributed by atoms with van der Waals surface area (Å²) in [6.45, 7) is 1.26. The molecule has 0 aliphatic carbocycles. The van der Waals surface area contributed by atoms with Crippen LogP contribution in [0.3, 0.4) is 0 Å². The Kier molecular flexibility index (Phi) is 6.29. The van der Waals surface area contributed by atoms with Crippen molar-refractivity contribution in [2.45, 2.75) is 12.2 Å². The number of amides is 1. The van der Waals surface area contributed by atoms with Crippen LogP contribution >= 0.6 is 46.6 Å². The highest BCUT2D eigenvalue weighted by atomic mass is 35.5. The van der Waals surface area contributed by atoms with Crippen LogP contribution in [0.2, 0.25) is 15.1 Å². The predicted octanol–water partition coefficient (Wildman–Crippen LogP) is 5.32. The molecule has 7 heteroatoms. The molecule has 2 aromatic carbocycles. The molecule has 0 bridgehead atoms. The first kappa shape index (κ1) is 18.6. The summed E-state index contributed by atoms with van der Waals surface area (Å²) in [5.41, 5.74) is 1.98. The zero-order valence-electron chi connectivity index (χ0n) is 13.2. The number of rotatable bonds is 4. The molecule has 0 spiro atoms. The molecule has 0 N–H and O–H groups in total. The van der Waals surface area contributed by atoms with Crippen LogP contribution in [0.4, 0.5) is 0 Å². The van der Waals surface area contributed by atoms with Gasteiger partial charge >= 0.3 is 0 Å². The Bertz CT molecular complexity index is 808. The fourth-order valence-electron chi connectivity index (χ4n) is 2.43. The molecular weight excluding hydrogens is 399 g/mol. The van der Waals surface area contributed by atoms with Crippen molar-refractivity contribution in [1.82, 2.24) is 4.90 Å². The number of carbonyl (C=O) groups is 1. The summed E-state index contributed by atoms with van der Waals surface area (Å²) in [7, 11) is 0. The van der Waals surface area contributed by atoms with Gasteiger partial charge in [-0.3, -0.25) is 14.7 Å². The SMILES string of the molecule is O=C(Cc1ccc(Cl)cc1)N1CCN=C1SCc1ccc(Cl)c(Cl)c1. The fraction of sp³-hybridized carbons (Fsp3) is 0.222. The zero-order chi connectivity index (χ0) is 17.8. The zero-order valence-corrected chi connectivity index (χ0v) is 16.3. The maximum Gasteiger partial charge on any atom is 0.233 e. The van der Waals surface area contributed by atoms with Gasteiger partial charge in [-0.15, -0.1) is 0 Å². The van der Waals surface area contributed by atoms with Crippen molar-refractivity contribution in [3.05, 3.63) is 68.7 Å². The third kappa shape index (κ3) is 4.91. The summed E-state index contributed by atoms with van der Waals surface area (Å²) >= 11 is 19.4. The summed E-state index contributed by atoms with van der Waals surface area (Å²) in [4.78, 5) is 18.8. The second-order valence-corrected chi connectivity index (χ2v) is 7.74. The topological polar surface area (TPSA) is 32.7 Å². The van der Waals surface area contributed by atoms with Crippen LogP contribution in [-0.4, -0.2) is 29.1 Å². The van der Waals surface area contributed by atoms with Crippen LogP contribution in [0.25, 0.3) is 0 Å². The number of nitrogens with zero attached hydrogens (tertiary/aromatic N) is 2. The Morgan fingerprint density at radius 1 is 1.04 bits per heavy atom. The predicted molar refractivity (Wildman–Crippen MR) is 107 cm³/mol. The second kappa shape index (κ2) is 8.45. The van der Waals surface area contributed by atoms with E-state index < -0.39 is 0 Å². The molecule has 1 amide bonds. The number of benzene rings is 2. The van der Waals surface area contributed by atoms with Gasteiger partial charge in [0, 0.05) is 17.3 Å². The molecule has 0 radical (unpaired) electrons. The standard InChI is InChI=1S/C18H15Cl3N2OS/c19-14-4-1-12(2-5-14)10-17(24)23-8-7-22-18(23)25-11-13-3-6-15(20)16(21)9-13/h1-6,9H,7-8,10-11H2. The maximum absolute atomic E-state index is 12.6. The normalized spacial score (nSPS) is 13.9. The molecule has 0 atom stereocenters. The van der Waals surface area contributed by atoms with Gasteiger partial charge in [0.1, 0.15) is 0 Å². The van der Waals surface area contributed by atoms with Crippen molar-refractivity contribution < 1.29 is 4.79 Å². The Hall–Kier alpha value is -1.20. The summed E-state index contributed by atoms with van der Waals surface area (Å²) in [6, 6.07) is 12.9. The van der Waals surface area contributed by atoms with Crippen molar-refractivity contribution >= 4 is 57.6 Å². The highest BCUT2D eigenvalue weighted by Gasteiger charge is 2.24. The van der Waals surface area contributed by atoms with Crippen molar-refractivity contribution in [2.75, 3.05) is 13.1 Å². The van der Waals surface area contributed by atoms with Crippen LogP contribution in [0.15, 0.2) is 47.5 Å². The molecular formula is C18H15Cl3N2OS. The van der Waals surface area contributed by atoms with Gasteiger partial charge in [-0.2, -0.15) is 0 Å². The van der Waals surface area contributed by atoms with Crippen molar-refractivity contribution in [3.63, 3.8) is 0 Å². The summed E-state index contributed by atoms with van der Waals surface area (Å²) in [5, 5.41) is 2.49. The first-order valence-corrected chi connectivity index (χ1v) is 9.81. The van der Waals surface area contributed by atoms with Crippen molar-refractivity contribution in [3.8, 4) is 0 Å². The van der Waals surface area contributed by atoms with E-state index in [1.807, 2.05) is 24.3 Å². The van der Waals surface area contributed by atoms with Gasteiger partial charge in [-0.25, -0.2) is 0 Å². The van der Waals surface area contributed by atoms with Gasteiger partial charge in [-0.05, 0) is 35.4 Å². The largest absolute Gasteiger partial charge is 0.289 e. The summed E-state index contributed by atoms with van der Waals surface area (Å²) in [5.74, 6) is 0.723. The Morgan fingerprint density at radius 3 is 2.48 bits per heavy atom. The van der Waals surface area contributed by atoms with Gasteiger partial charge in [0.05, 0.1) is 23.0 Å². The van der Waals surface area contributed by atoms with Gasteiger partial charge in [-0.1, -0.05) is 64.8 Å². The Morgan fingerprint density at radius 2 is 1.76 bits per heavy atom. The van der Waals surface area contributed by atoms with E-state index in [-0.39, 0.29) is 5.91 Å². The molecule has 2 aromatic rings. The average molecular weight is 414 g/mol. The first-order chi connectivity index (χ1) is 12.0. The van der Waals surface area contributed by atoms with E-state index in [2.05, 4.69) is 4.99 Å². The quantitative estimate of drug-likeness (QED) is 0.679. The van der Waals surface area contributed by atoms with E-state index in [1.165, 1.54) is 11.8 Å². The summed E-state index contributed by atoms with van der Waals surface area (Å²) < 4.78 is 0. The van der Waals surface area contributed by atoms with Crippen LogP contribution in [0.1, 0.15) is 11.1 Å². The van der Waals surface area contributed by atoms with Crippen LogP contribution in [0, 0.1) is 0 Å². The molecule has 0 fully saturated rings. The molecule has 130 valence electrons. The number of aliphatic imine (C=N–C) groups is 1. The monoisotopic (exact) mass is 412 g/mol. The highest BCUT2D eigenvalue weighted by molar-refractivity contribution is 8.13. The fourth-order valence-corrected chi connectivity index (χ4v) is 3.88. The van der Waals surface area contributed by atoms with Crippen molar-refractivity contribution in [2.24, 2.45) is 4.99 Å². The number of carbonyl (C=O) groups excluding carboxylic acids is 1. The lowest BCUT2D eigenvalue weighted by Gasteiger charge is -2.18. The number of hydrogen-bond donors (Lipinski definition) is 0. The number of hydrogen-bond acceptors (Lipinski definition) is 3. The number of amidine groups is 1. The second-order valence-electron chi connectivity index (χ2n) is 5.55. The number of halogens is 3. The molecule has 1 heterocycles. The molecule has 0 saturated carbocycles. The van der Waals surface area contributed by atoms with Crippen LogP contribution < -0.4 is 0 Å². The smallest absolute Gasteiger partial charge is 0.233 e. The van der Waals surface area contributed by atoms with Crippen LogP contribution in [-0.2, 0) is 17.0 Å². The van der Waals surface area contributed by atoms with Gasteiger partial charge in [0.25, 0.3) is 0 Å². The molecule has 0 saturated heterocycles. The van der Waals surface area contributed by atoms with E-state index in [1.54, 1.807) is 23.1 Å². The molecule has 1 aliphatic rings. The van der Waals surface area contributed by atoms with E-state index in [9.17, 15) is 4.79 Å².